The normalized spacial score (nSPS) is 12.1. The maximum Gasteiger partial charge on any atom is 0.235 e. The summed E-state index contributed by atoms with van der Waals surface area (Å²) in [5, 5.41) is 12.4. The second-order valence-electron chi connectivity index (χ2n) is 16.3. The van der Waals surface area contributed by atoms with Crippen molar-refractivity contribution in [1.82, 2.24) is 14.5 Å². The van der Waals surface area contributed by atoms with E-state index in [4.69, 9.17) is 14.4 Å². The predicted octanol–water partition coefficient (Wildman–Crippen LogP) is 4.71. The molecule has 9 aromatic carbocycles. The molecule has 0 unspecified atom stereocenters. The minimum absolute atomic E-state index is 0.636. The second-order valence-corrected chi connectivity index (χ2v) is 16.3. The maximum atomic E-state index is 6.87. The summed E-state index contributed by atoms with van der Waals surface area (Å²) in [4.78, 5) is 11.1. The van der Waals surface area contributed by atoms with Gasteiger partial charge in [-0.1, -0.05) is 126 Å². The highest BCUT2D eigenvalue weighted by Gasteiger charge is 2.23. The van der Waals surface area contributed by atoms with Crippen molar-refractivity contribution in [2.75, 3.05) is 0 Å². The van der Waals surface area contributed by atoms with Crippen molar-refractivity contribution >= 4 is 154 Å². The van der Waals surface area contributed by atoms with E-state index in [1.165, 1.54) is 54.6 Å². The lowest BCUT2D eigenvalue weighted by Gasteiger charge is -2.21. The molecule has 59 heavy (non-hydrogen) atoms. The van der Waals surface area contributed by atoms with Gasteiger partial charge in [-0.3, -0.25) is 4.57 Å². The number of furan rings is 1. The Hall–Kier alpha value is -6.98. The highest BCUT2D eigenvalue weighted by atomic mass is 16.3. The molecule has 0 aliphatic rings. The number of aromatic nitrogens is 3. The standard InChI is InChI=1S/C50H34B5N3O/c51-42-40(43(52)45(54)46(55)44(42)53)26-11-9-12-27(22-26)47-34-21-20-25-10-1-2-13-28(25)48(34)57-50(56-47)58-37-19-8-7-16-31(37)35-24-39-36(23-38(35)58)41-32-17-5-3-14-29(32)30-15-4-6-18-33(30)49(41)59-39/h1-24H,51-55H2. The largest absolute Gasteiger partial charge is 0.455 e. The van der Waals surface area contributed by atoms with Crippen LogP contribution in [0.15, 0.2) is 150 Å². The zero-order chi connectivity index (χ0) is 39.7. The molecule has 3 heterocycles. The molecule has 0 radical (unpaired) electrons. The van der Waals surface area contributed by atoms with Crippen molar-refractivity contribution in [1.29, 1.82) is 0 Å². The van der Waals surface area contributed by atoms with Gasteiger partial charge >= 0.3 is 0 Å². The van der Waals surface area contributed by atoms with Crippen LogP contribution in [0.2, 0.25) is 0 Å². The van der Waals surface area contributed by atoms with Gasteiger partial charge in [-0.25, -0.2) is 9.97 Å². The summed E-state index contributed by atoms with van der Waals surface area (Å²) in [5.74, 6) is 0.636. The monoisotopic (exact) mass is 747 g/mol. The van der Waals surface area contributed by atoms with Gasteiger partial charge in [0, 0.05) is 43.3 Å². The van der Waals surface area contributed by atoms with Gasteiger partial charge in [-0.2, -0.15) is 0 Å². The van der Waals surface area contributed by atoms with Gasteiger partial charge in [0.15, 0.2) is 0 Å². The summed E-state index contributed by atoms with van der Waals surface area (Å²) < 4.78 is 9.14. The first kappa shape index (κ1) is 34.1. The molecular weight excluding hydrogens is 713 g/mol. The Kier molecular flexibility index (Phi) is 7.23. The summed E-state index contributed by atoms with van der Waals surface area (Å²) in [6.07, 6.45) is 0. The zero-order valence-electron chi connectivity index (χ0n) is 33.6. The van der Waals surface area contributed by atoms with Crippen molar-refractivity contribution in [2.24, 2.45) is 0 Å². The van der Waals surface area contributed by atoms with Crippen molar-refractivity contribution in [3.8, 4) is 28.3 Å². The van der Waals surface area contributed by atoms with E-state index in [2.05, 4.69) is 189 Å². The van der Waals surface area contributed by atoms with Gasteiger partial charge in [-0.05, 0) is 63.0 Å². The van der Waals surface area contributed by atoms with Crippen LogP contribution in [-0.2, 0) is 0 Å². The molecule has 0 saturated heterocycles. The summed E-state index contributed by atoms with van der Waals surface area (Å²) >= 11 is 0. The fourth-order valence-corrected chi connectivity index (χ4v) is 10.0. The first-order chi connectivity index (χ1) is 28.9. The molecule has 12 aromatic rings. The molecule has 12 rings (SSSR count). The molecule has 0 aliphatic carbocycles. The Morgan fingerprint density at radius 3 is 1.83 bits per heavy atom. The molecule has 0 atom stereocenters. The van der Waals surface area contributed by atoms with Crippen molar-refractivity contribution in [3.05, 3.63) is 146 Å². The highest BCUT2D eigenvalue weighted by molar-refractivity contribution is 6.68. The molecule has 0 aliphatic heterocycles. The van der Waals surface area contributed by atoms with Crippen LogP contribution in [0, 0.1) is 0 Å². The van der Waals surface area contributed by atoms with Crippen LogP contribution < -0.4 is 27.3 Å². The van der Waals surface area contributed by atoms with Crippen LogP contribution >= 0.6 is 0 Å². The number of para-hydroxylation sites is 1. The molecule has 270 valence electrons. The van der Waals surface area contributed by atoms with Crippen LogP contribution in [0.4, 0.5) is 0 Å². The van der Waals surface area contributed by atoms with E-state index in [9.17, 15) is 0 Å². The summed E-state index contributed by atoms with van der Waals surface area (Å²) in [7, 11) is 11.2. The van der Waals surface area contributed by atoms with Crippen LogP contribution in [-0.4, -0.2) is 53.8 Å². The van der Waals surface area contributed by atoms with E-state index >= 15 is 0 Å². The molecule has 0 bridgehead atoms. The zero-order valence-corrected chi connectivity index (χ0v) is 33.6. The SMILES string of the molecule is Bc1c(B)c(B)c(-c2cccc(-c3nc(-n4c5ccccc5c5cc6oc7c8ccccc8c8ccccc8c7c6cc54)nc4c3ccc3ccccc34)c2)c(B)c1B. The maximum absolute atomic E-state index is 6.87. The van der Waals surface area contributed by atoms with E-state index < -0.39 is 0 Å². The Labute approximate surface area is 344 Å². The lowest BCUT2D eigenvalue weighted by Crippen LogP contribution is -2.55. The Morgan fingerprint density at radius 2 is 1.05 bits per heavy atom. The fraction of sp³-hybridized carbons (Fsp3) is 0. The van der Waals surface area contributed by atoms with Gasteiger partial charge in [-0.15, -0.1) is 16.4 Å². The molecule has 3 aromatic heterocycles. The van der Waals surface area contributed by atoms with E-state index in [1.807, 2.05) is 0 Å². The average Bonchev–Trinajstić information content (AvgIpc) is 3.82. The lowest BCUT2D eigenvalue weighted by atomic mass is 9.59. The lowest BCUT2D eigenvalue weighted by molar-refractivity contribution is 0.673. The molecule has 4 nitrogen and oxygen atoms in total. The van der Waals surface area contributed by atoms with Gasteiger partial charge in [0.25, 0.3) is 0 Å². The van der Waals surface area contributed by atoms with Crippen molar-refractivity contribution in [2.45, 2.75) is 0 Å². The molecule has 0 saturated carbocycles. The number of rotatable bonds is 3. The minimum atomic E-state index is 0.636. The Morgan fingerprint density at radius 1 is 0.424 bits per heavy atom. The predicted molar refractivity (Wildman–Crippen MR) is 265 cm³/mol. The van der Waals surface area contributed by atoms with Crippen LogP contribution in [0.1, 0.15) is 0 Å². The molecule has 0 amide bonds. The molecule has 9 heteroatoms. The van der Waals surface area contributed by atoms with Crippen LogP contribution in [0.25, 0.3) is 115 Å². The second kappa shape index (κ2) is 12.5. The van der Waals surface area contributed by atoms with Gasteiger partial charge in [0.1, 0.15) is 50.4 Å². The number of hydrogen-bond donors (Lipinski definition) is 0. The topological polar surface area (TPSA) is 43.9 Å². The first-order valence-electron chi connectivity index (χ1n) is 20.4. The number of fused-ring (bicyclic) bond motifs is 14. The van der Waals surface area contributed by atoms with Crippen molar-refractivity contribution < 1.29 is 4.42 Å². The third-order valence-corrected chi connectivity index (χ3v) is 13.3. The van der Waals surface area contributed by atoms with Gasteiger partial charge in [0.05, 0.1) is 22.2 Å². The first-order valence-corrected chi connectivity index (χ1v) is 20.4. The number of benzene rings is 9. The average molecular weight is 747 g/mol. The fourth-order valence-electron chi connectivity index (χ4n) is 10.0. The van der Waals surface area contributed by atoms with E-state index in [0.717, 1.165) is 82.1 Å². The molecule has 0 N–H and O–H groups in total. The molecular formula is C50H34B5N3O. The smallest absolute Gasteiger partial charge is 0.235 e. The summed E-state index contributed by atoms with van der Waals surface area (Å²) in [5.41, 5.74) is 16.0. The summed E-state index contributed by atoms with van der Waals surface area (Å²) in [6, 6.07) is 52.3. The Balaban J connectivity index is 1.19. The number of nitrogens with zero attached hydrogens (tertiary/aromatic N) is 3. The van der Waals surface area contributed by atoms with Gasteiger partial charge in [0.2, 0.25) is 5.95 Å². The highest BCUT2D eigenvalue weighted by Crippen LogP contribution is 2.44. The van der Waals surface area contributed by atoms with E-state index in [1.54, 1.807) is 0 Å². The van der Waals surface area contributed by atoms with Crippen LogP contribution in [0.3, 0.4) is 0 Å². The van der Waals surface area contributed by atoms with Gasteiger partial charge < -0.3 is 4.42 Å². The Bertz CT molecular complexity index is 3780. The number of hydrogen-bond acceptors (Lipinski definition) is 3. The van der Waals surface area contributed by atoms with Crippen molar-refractivity contribution in [3.63, 3.8) is 0 Å². The summed E-state index contributed by atoms with van der Waals surface area (Å²) in [6.45, 7) is 0. The molecule has 0 spiro atoms. The van der Waals surface area contributed by atoms with E-state index in [-0.39, 0.29) is 0 Å². The third kappa shape index (κ3) is 4.79. The quantitative estimate of drug-likeness (QED) is 0.195. The third-order valence-electron chi connectivity index (χ3n) is 13.3. The minimum Gasteiger partial charge on any atom is -0.455 e. The van der Waals surface area contributed by atoms with Crippen LogP contribution in [0.5, 0.6) is 0 Å². The molecule has 0 fully saturated rings. The van der Waals surface area contributed by atoms with E-state index in [0.29, 0.717) is 5.95 Å².